The zero-order valence-corrected chi connectivity index (χ0v) is 28.4. The van der Waals surface area contributed by atoms with Gasteiger partial charge >= 0.3 is 0 Å². The Morgan fingerprint density at radius 3 is 2.41 bits per heavy atom. The van der Waals surface area contributed by atoms with Crippen molar-refractivity contribution >= 4 is 39.9 Å². The fraction of sp³-hybridized carbons (Fsp3) is 0.366. The molecule has 0 aromatic heterocycles. The second kappa shape index (κ2) is 13.5. The molecule has 1 aliphatic carbocycles. The van der Waals surface area contributed by atoms with E-state index < -0.39 is 11.9 Å². The molecule has 9 nitrogen and oxygen atoms in total. The van der Waals surface area contributed by atoms with Crippen LogP contribution in [-0.2, 0) is 22.6 Å². The minimum absolute atomic E-state index is 0.177. The van der Waals surface area contributed by atoms with Crippen LogP contribution >= 0.6 is 0 Å². The summed E-state index contributed by atoms with van der Waals surface area (Å²) in [4.78, 5) is 44.1. The van der Waals surface area contributed by atoms with Crippen molar-refractivity contribution < 1.29 is 23.9 Å². The van der Waals surface area contributed by atoms with E-state index in [4.69, 9.17) is 0 Å². The number of carbonyl (C=O) groups is 3. The van der Waals surface area contributed by atoms with Crippen LogP contribution in [0.2, 0.25) is 0 Å². The van der Waals surface area contributed by atoms with Crippen LogP contribution in [0.15, 0.2) is 66.7 Å². The van der Waals surface area contributed by atoms with E-state index in [1.165, 1.54) is 4.90 Å². The first-order valence-corrected chi connectivity index (χ1v) is 18.0. The number of halogens is 1. The predicted molar refractivity (Wildman–Crippen MR) is 192 cm³/mol. The maximum atomic E-state index is 15.7. The van der Waals surface area contributed by atoms with Crippen LogP contribution in [-0.4, -0.2) is 66.1 Å². The van der Waals surface area contributed by atoms with Gasteiger partial charge in [-0.25, -0.2) is 4.39 Å². The summed E-state index contributed by atoms with van der Waals surface area (Å²) < 4.78 is 15.7. The number of piperazine rings is 1. The van der Waals surface area contributed by atoms with Crippen LogP contribution < -0.4 is 15.1 Å². The molecule has 3 fully saturated rings. The first kappa shape index (κ1) is 33.1. The summed E-state index contributed by atoms with van der Waals surface area (Å²) in [7, 11) is 0. The Morgan fingerprint density at radius 1 is 0.882 bits per heavy atom. The molecule has 0 radical (unpaired) electrons. The molecular formula is C41H40FN5O4. The number of aliphatic hydroxyl groups is 1. The lowest BCUT2D eigenvalue weighted by Gasteiger charge is -2.37. The molecule has 1 saturated carbocycles. The number of hydrogen-bond donors (Lipinski definition) is 2. The van der Waals surface area contributed by atoms with Gasteiger partial charge in [-0.1, -0.05) is 30.3 Å². The largest absolute Gasteiger partial charge is 0.393 e. The SMILES string of the molecule is N#Cc1ccc(N2CCN(Cc3ccc(Cc4ccc5c6c(cccc46)C(=O)N5[C@H]4CCC(=O)NC4=O)c(F)c3)CC2)cc1C1CCC(O)CC1. The molecule has 0 spiro atoms. The van der Waals surface area contributed by atoms with E-state index in [0.29, 0.717) is 35.7 Å². The van der Waals surface area contributed by atoms with Crippen molar-refractivity contribution in [1.29, 1.82) is 5.26 Å². The van der Waals surface area contributed by atoms with E-state index >= 15 is 4.39 Å². The number of aliphatic hydroxyl groups excluding tert-OH is 1. The maximum absolute atomic E-state index is 15.7. The normalized spacial score (nSPS) is 22.4. The van der Waals surface area contributed by atoms with E-state index in [1.807, 2.05) is 48.5 Å². The van der Waals surface area contributed by atoms with Crippen molar-refractivity contribution in [2.75, 3.05) is 36.0 Å². The van der Waals surface area contributed by atoms with E-state index in [1.54, 1.807) is 12.1 Å². The van der Waals surface area contributed by atoms with Crippen LogP contribution in [0.4, 0.5) is 15.8 Å². The summed E-state index contributed by atoms with van der Waals surface area (Å²) in [6.07, 6.45) is 3.92. The molecule has 0 bridgehead atoms. The molecule has 3 amide bonds. The van der Waals surface area contributed by atoms with Crippen molar-refractivity contribution in [1.82, 2.24) is 10.2 Å². The molecule has 3 heterocycles. The van der Waals surface area contributed by atoms with Gasteiger partial charge in [0.25, 0.3) is 5.91 Å². The van der Waals surface area contributed by atoms with Gasteiger partial charge in [0, 0.05) is 62.2 Å². The summed E-state index contributed by atoms with van der Waals surface area (Å²) in [5.74, 6) is -1.02. The second-order valence-electron chi connectivity index (χ2n) is 14.4. The lowest BCUT2D eigenvalue weighted by molar-refractivity contribution is -0.134. The Morgan fingerprint density at radius 2 is 1.67 bits per heavy atom. The molecule has 51 heavy (non-hydrogen) atoms. The smallest absolute Gasteiger partial charge is 0.259 e. The van der Waals surface area contributed by atoms with Gasteiger partial charge in [0.15, 0.2) is 0 Å². The molecular weight excluding hydrogens is 645 g/mol. The summed E-state index contributed by atoms with van der Waals surface area (Å²) in [5.41, 5.74) is 6.48. The Kier molecular flexibility index (Phi) is 8.78. The Labute approximate surface area is 296 Å². The van der Waals surface area contributed by atoms with Crippen molar-refractivity contribution in [3.63, 3.8) is 0 Å². The number of nitrogens with one attached hydrogen (secondary N) is 1. The van der Waals surface area contributed by atoms with Gasteiger partial charge in [-0.3, -0.25) is 29.5 Å². The van der Waals surface area contributed by atoms with Gasteiger partial charge in [0.2, 0.25) is 11.8 Å². The maximum Gasteiger partial charge on any atom is 0.259 e. The highest BCUT2D eigenvalue weighted by Gasteiger charge is 2.41. The van der Waals surface area contributed by atoms with E-state index in [0.717, 1.165) is 90.6 Å². The first-order chi connectivity index (χ1) is 24.8. The fourth-order valence-corrected chi connectivity index (χ4v) is 8.49. The van der Waals surface area contributed by atoms with Crippen LogP contribution in [0.25, 0.3) is 10.8 Å². The lowest BCUT2D eigenvalue weighted by Crippen LogP contribution is -2.53. The Bertz CT molecular complexity index is 2090. The number of hydrogen-bond acceptors (Lipinski definition) is 7. The third-order valence-electron chi connectivity index (χ3n) is 11.3. The number of nitriles is 1. The molecule has 8 rings (SSSR count). The summed E-state index contributed by atoms with van der Waals surface area (Å²) in [6.45, 7) is 3.99. The number of anilines is 2. The molecule has 4 aliphatic rings. The number of imide groups is 1. The number of carbonyl (C=O) groups excluding carboxylic acids is 3. The minimum Gasteiger partial charge on any atom is -0.393 e. The Hall–Kier alpha value is -5.11. The molecule has 3 aliphatic heterocycles. The molecule has 2 saturated heterocycles. The number of amides is 3. The monoisotopic (exact) mass is 685 g/mol. The van der Waals surface area contributed by atoms with Crippen molar-refractivity contribution in [3.05, 3.63) is 106 Å². The summed E-state index contributed by atoms with van der Waals surface area (Å²) in [5, 5.41) is 23.7. The van der Waals surface area contributed by atoms with E-state index in [-0.39, 0.29) is 36.6 Å². The van der Waals surface area contributed by atoms with Gasteiger partial charge in [-0.15, -0.1) is 0 Å². The van der Waals surface area contributed by atoms with Gasteiger partial charge < -0.3 is 10.0 Å². The molecule has 10 heteroatoms. The average Bonchev–Trinajstić information content (AvgIpc) is 3.42. The highest BCUT2D eigenvalue weighted by molar-refractivity contribution is 6.27. The number of piperidine rings is 1. The summed E-state index contributed by atoms with van der Waals surface area (Å²) in [6, 6.07) is 22.5. The molecule has 4 aromatic carbocycles. The van der Waals surface area contributed by atoms with Crippen LogP contribution in [0.1, 0.15) is 82.6 Å². The third kappa shape index (κ3) is 6.26. The number of benzene rings is 4. The summed E-state index contributed by atoms with van der Waals surface area (Å²) >= 11 is 0. The molecule has 2 N–H and O–H groups in total. The van der Waals surface area contributed by atoms with E-state index in [9.17, 15) is 24.8 Å². The number of nitrogens with zero attached hydrogens (tertiary/aromatic N) is 4. The first-order valence-electron chi connectivity index (χ1n) is 18.0. The van der Waals surface area contributed by atoms with Crippen molar-refractivity contribution in [2.45, 2.75) is 69.6 Å². The lowest BCUT2D eigenvalue weighted by atomic mass is 9.81. The molecule has 4 aromatic rings. The quantitative estimate of drug-likeness (QED) is 0.245. The molecule has 1 atom stereocenters. The average molecular weight is 686 g/mol. The third-order valence-corrected chi connectivity index (χ3v) is 11.3. The minimum atomic E-state index is -0.753. The highest BCUT2D eigenvalue weighted by Crippen LogP contribution is 2.42. The van der Waals surface area contributed by atoms with Crippen LogP contribution in [0, 0.1) is 17.1 Å². The zero-order chi connectivity index (χ0) is 35.2. The van der Waals surface area contributed by atoms with Gasteiger partial charge in [0.05, 0.1) is 23.4 Å². The molecule has 260 valence electrons. The van der Waals surface area contributed by atoms with Crippen LogP contribution in [0.5, 0.6) is 0 Å². The van der Waals surface area contributed by atoms with Gasteiger partial charge in [-0.2, -0.15) is 5.26 Å². The standard InChI is InChI=1S/C41H40FN5O4/c42-35-20-25(24-45-16-18-46(19-17-45)30-10-6-29(23-43)34(22-30)26-7-11-31(48)12-8-26)4-5-28(35)21-27-9-13-36-39-32(27)2-1-3-33(39)41(51)47(36)37-14-15-38(49)44-40(37)50/h1-6,9-10,13,20,22,26,31,37,48H,7-8,11-12,14-19,21,24H2,(H,44,49,50)/t26?,31?,37-/m0/s1. The zero-order valence-electron chi connectivity index (χ0n) is 28.4. The van der Waals surface area contributed by atoms with Gasteiger partial charge in [0.1, 0.15) is 11.9 Å². The molecule has 0 unspecified atom stereocenters. The van der Waals surface area contributed by atoms with E-state index in [2.05, 4.69) is 27.3 Å². The number of rotatable bonds is 7. The Balaban J connectivity index is 0.932. The van der Waals surface area contributed by atoms with Crippen molar-refractivity contribution in [2.24, 2.45) is 0 Å². The predicted octanol–water partition coefficient (Wildman–Crippen LogP) is 5.55. The van der Waals surface area contributed by atoms with Gasteiger partial charge in [-0.05, 0) is 102 Å². The highest BCUT2D eigenvalue weighted by atomic mass is 19.1. The second-order valence-corrected chi connectivity index (χ2v) is 14.4. The fourth-order valence-electron chi connectivity index (χ4n) is 8.49. The van der Waals surface area contributed by atoms with Crippen molar-refractivity contribution in [3.8, 4) is 6.07 Å². The topological polar surface area (TPSA) is 117 Å². The van der Waals surface area contributed by atoms with Crippen LogP contribution in [0.3, 0.4) is 0 Å².